The van der Waals surface area contributed by atoms with Gasteiger partial charge in [0.2, 0.25) is 0 Å². The molecule has 0 fully saturated rings. The molecular formula is C23H25N5O5S2. The molecule has 0 aliphatic heterocycles. The van der Waals surface area contributed by atoms with E-state index in [9.17, 15) is 19.6 Å². The highest BCUT2D eigenvalue weighted by atomic mass is 32.1. The number of carbonyl (C=O) groups is 3. The fourth-order valence-corrected chi connectivity index (χ4v) is 5.76. The van der Waals surface area contributed by atoms with E-state index in [4.69, 9.17) is 20.9 Å². The highest BCUT2D eigenvalue weighted by Gasteiger charge is 2.29. The summed E-state index contributed by atoms with van der Waals surface area (Å²) in [5.74, 6) is -1.92. The molecule has 0 saturated heterocycles. The lowest BCUT2D eigenvalue weighted by Crippen LogP contribution is -2.15. The van der Waals surface area contributed by atoms with Crippen LogP contribution in [0, 0.1) is 18.3 Å². The van der Waals surface area contributed by atoms with Crippen LogP contribution in [-0.2, 0) is 9.47 Å². The van der Waals surface area contributed by atoms with Crippen molar-refractivity contribution in [2.75, 3.05) is 30.0 Å². The predicted molar refractivity (Wildman–Crippen MR) is 136 cm³/mol. The van der Waals surface area contributed by atoms with Crippen molar-refractivity contribution in [1.82, 2.24) is 4.98 Å². The van der Waals surface area contributed by atoms with Crippen LogP contribution in [0.3, 0.4) is 0 Å². The van der Waals surface area contributed by atoms with Crippen molar-refractivity contribution < 1.29 is 23.9 Å². The number of aromatic nitrogens is 1. The Morgan fingerprint density at radius 2 is 1.71 bits per heavy atom. The first-order valence-electron chi connectivity index (χ1n) is 10.8. The molecular weight excluding hydrogens is 490 g/mol. The van der Waals surface area contributed by atoms with Crippen molar-refractivity contribution in [2.24, 2.45) is 0 Å². The van der Waals surface area contributed by atoms with Crippen molar-refractivity contribution in [2.45, 2.75) is 40.5 Å². The Labute approximate surface area is 209 Å². The average molecular weight is 516 g/mol. The number of rotatable bonds is 7. The number of carbonyl (C=O) groups excluding carboxylic acids is 3. The second-order valence-corrected chi connectivity index (χ2v) is 9.75. The van der Waals surface area contributed by atoms with E-state index < -0.39 is 17.8 Å². The summed E-state index contributed by atoms with van der Waals surface area (Å²) in [6.45, 7) is 8.97. The number of hydrogen-bond donors (Lipinski definition) is 3. The number of esters is 2. The molecule has 0 aliphatic carbocycles. The number of nitrogen functional groups attached to an aromatic ring is 2. The highest BCUT2D eigenvalue weighted by molar-refractivity contribution is 7.21. The maximum Gasteiger partial charge on any atom is 0.348 e. The molecule has 0 aliphatic rings. The number of nitrogens with two attached hydrogens (primary N) is 2. The third-order valence-electron chi connectivity index (χ3n) is 5.15. The number of thiophene rings is 2. The van der Waals surface area contributed by atoms with Gasteiger partial charge in [0.05, 0.1) is 30.0 Å². The first-order valence-corrected chi connectivity index (χ1v) is 12.4. The Morgan fingerprint density at radius 3 is 2.29 bits per heavy atom. The second kappa shape index (κ2) is 10.3. The highest BCUT2D eigenvalue weighted by Crippen LogP contribution is 2.41. The zero-order chi connectivity index (χ0) is 26.0. The van der Waals surface area contributed by atoms with Gasteiger partial charge in [0, 0.05) is 5.39 Å². The molecule has 0 saturated carbocycles. The van der Waals surface area contributed by atoms with Crippen LogP contribution < -0.4 is 16.8 Å². The van der Waals surface area contributed by atoms with Gasteiger partial charge in [-0.25, -0.2) is 14.6 Å². The number of nitriles is 1. The van der Waals surface area contributed by atoms with E-state index in [-0.39, 0.29) is 56.5 Å². The van der Waals surface area contributed by atoms with Crippen LogP contribution in [0.1, 0.15) is 80.0 Å². The average Bonchev–Trinajstić information content (AvgIpc) is 3.29. The standard InChI is InChI=1S/C23H25N5O5S2/c1-6-32-22(30)13-10(5)16(23(31)33-7-2)34-20(13)28-19(29)17-15(25)14-12(9(3)4)11(8-24)18(26)27-21(14)35-17/h9H,6-7,25H2,1-5H3,(H2,26,27)(H,28,29). The van der Waals surface area contributed by atoms with Crippen molar-refractivity contribution in [3.63, 3.8) is 0 Å². The second-order valence-electron chi connectivity index (χ2n) is 7.73. The topological polar surface area (TPSA) is 170 Å². The van der Waals surface area contributed by atoms with E-state index in [1.807, 2.05) is 13.8 Å². The first kappa shape index (κ1) is 25.9. The minimum absolute atomic E-state index is 0.0643. The Hall–Kier alpha value is -3.69. The van der Waals surface area contributed by atoms with E-state index in [0.717, 1.165) is 22.7 Å². The van der Waals surface area contributed by atoms with Crippen molar-refractivity contribution in [1.29, 1.82) is 5.26 Å². The minimum Gasteiger partial charge on any atom is -0.462 e. The predicted octanol–water partition coefficient (Wildman–Crippen LogP) is 4.43. The number of amides is 1. The number of ether oxygens (including phenoxy) is 2. The molecule has 184 valence electrons. The van der Waals surface area contributed by atoms with Crippen molar-refractivity contribution in [3.05, 3.63) is 32.0 Å². The summed E-state index contributed by atoms with van der Waals surface area (Å²) in [7, 11) is 0. The van der Waals surface area contributed by atoms with Gasteiger partial charge in [-0.2, -0.15) is 5.26 Å². The van der Waals surface area contributed by atoms with Gasteiger partial charge in [-0.3, -0.25) is 4.79 Å². The molecule has 10 nitrogen and oxygen atoms in total. The van der Waals surface area contributed by atoms with Crippen molar-refractivity contribution in [3.8, 4) is 6.07 Å². The Morgan fingerprint density at radius 1 is 1.09 bits per heavy atom. The first-order chi connectivity index (χ1) is 16.6. The minimum atomic E-state index is -0.674. The maximum absolute atomic E-state index is 13.3. The summed E-state index contributed by atoms with van der Waals surface area (Å²) >= 11 is 1.94. The summed E-state index contributed by atoms with van der Waals surface area (Å²) < 4.78 is 10.2. The van der Waals surface area contributed by atoms with E-state index in [2.05, 4.69) is 16.4 Å². The van der Waals surface area contributed by atoms with Crippen LogP contribution >= 0.6 is 22.7 Å². The molecule has 0 bridgehead atoms. The zero-order valence-corrected chi connectivity index (χ0v) is 21.5. The third-order valence-corrected chi connectivity index (χ3v) is 7.44. The molecule has 0 spiro atoms. The molecule has 0 atom stereocenters. The van der Waals surface area contributed by atoms with Gasteiger partial charge in [0.25, 0.3) is 5.91 Å². The summed E-state index contributed by atoms with van der Waals surface area (Å²) in [6, 6.07) is 2.07. The molecule has 3 rings (SSSR count). The van der Waals surface area contributed by atoms with Crippen LogP contribution in [0.5, 0.6) is 0 Å². The fourth-order valence-electron chi connectivity index (χ4n) is 3.66. The third kappa shape index (κ3) is 4.65. The SMILES string of the molecule is CCOC(=O)c1sc(NC(=O)c2sc3nc(N)c(C#N)c(C(C)C)c3c2N)c(C(=O)OCC)c1C. The monoisotopic (exact) mass is 515 g/mol. The van der Waals surface area contributed by atoms with Gasteiger partial charge in [-0.15, -0.1) is 22.7 Å². The van der Waals surface area contributed by atoms with E-state index >= 15 is 0 Å². The molecule has 5 N–H and O–H groups in total. The van der Waals surface area contributed by atoms with Gasteiger partial charge >= 0.3 is 11.9 Å². The summed E-state index contributed by atoms with van der Waals surface area (Å²) in [6.07, 6.45) is 0. The summed E-state index contributed by atoms with van der Waals surface area (Å²) in [4.78, 5) is 43.4. The molecule has 35 heavy (non-hydrogen) atoms. The lowest BCUT2D eigenvalue weighted by atomic mass is 9.95. The van der Waals surface area contributed by atoms with Gasteiger partial charge in [0.15, 0.2) is 0 Å². The fraction of sp³-hybridized carbons (Fsp3) is 0.348. The number of nitrogens with one attached hydrogen (secondary N) is 1. The quantitative estimate of drug-likeness (QED) is 0.385. The molecule has 3 aromatic heterocycles. The number of fused-ring (bicyclic) bond motifs is 1. The van der Waals surface area contributed by atoms with Crippen LogP contribution in [0.15, 0.2) is 0 Å². The van der Waals surface area contributed by atoms with E-state index in [0.29, 0.717) is 21.3 Å². The van der Waals surface area contributed by atoms with E-state index in [1.165, 1.54) is 0 Å². The smallest absolute Gasteiger partial charge is 0.348 e. The molecule has 0 unspecified atom stereocenters. The molecule has 0 aromatic carbocycles. The molecule has 1 amide bonds. The molecule has 3 heterocycles. The van der Waals surface area contributed by atoms with Gasteiger partial charge in [-0.05, 0) is 37.8 Å². The van der Waals surface area contributed by atoms with E-state index in [1.54, 1.807) is 20.8 Å². The maximum atomic E-state index is 13.3. The number of anilines is 3. The largest absolute Gasteiger partial charge is 0.462 e. The molecule has 0 radical (unpaired) electrons. The van der Waals surface area contributed by atoms with Crippen molar-refractivity contribution >= 4 is 67.2 Å². The Balaban J connectivity index is 2.12. The number of hydrogen-bond acceptors (Lipinski definition) is 11. The van der Waals surface area contributed by atoms with Crippen LogP contribution in [0.25, 0.3) is 10.2 Å². The number of nitrogens with zero attached hydrogens (tertiary/aromatic N) is 2. The summed E-state index contributed by atoms with van der Waals surface area (Å²) in [5.41, 5.74) is 13.8. The lowest BCUT2D eigenvalue weighted by Gasteiger charge is -2.12. The molecule has 3 aromatic rings. The summed E-state index contributed by atoms with van der Waals surface area (Å²) in [5, 5.41) is 12.9. The van der Waals surface area contributed by atoms with Gasteiger partial charge < -0.3 is 26.3 Å². The van der Waals surface area contributed by atoms with Gasteiger partial charge in [0.1, 0.15) is 31.5 Å². The lowest BCUT2D eigenvalue weighted by molar-refractivity contribution is 0.0527. The van der Waals surface area contributed by atoms with Gasteiger partial charge in [-0.1, -0.05) is 13.8 Å². The Bertz CT molecular complexity index is 1380. The Kier molecular flexibility index (Phi) is 7.62. The van der Waals surface area contributed by atoms with Crippen LogP contribution in [-0.4, -0.2) is 36.0 Å². The number of pyridine rings is 1. The van der Waals surface area contributed by atoms with Crippen LogP contribution in [0.2, 0.25) is 0 Å². The normalized spacial score (nSPS) is 10.9. The van der Waals surface area contributed by atoms with Crippen LogP contribution in [0.4, 0.5) is 16.5 Å². The molecule has 12 heteroatoms. The zero-order valence-electron chi connectivity index (χ0n) is 19.9.